The van der Waals surface area contributed by atoms with E-state index < -0.39 is 5.91 Å². The molecule has 0 unspecified atom stereocenters. The summed E-state index contributed by atoms with van der Waals surface area (Å²) in [6.07, 6.45) is 0. The highest BCUT2D eigenvalue weighted by Crippen LogP contribution is 2.36. The lowest BCUT2D eigenvalue weighted by Gasteiger charge is -2.16. The summed E-state index contributed by atoms with van der Waals surface area (Å²) < 4.78 is 10.5. The molecule has 0 spiro atoms. The molecule has 0 atom stereocenters. The average Bonchev–Trinajstić information content (AvgIpc) is 2.62. The number of carbonyl (C=O) groups excluding carboxylic acids is 2. The van der Waals surface area contributed by atoms with Crippen LogP contribution in [0.15, 0.2) is 36.4 Å². The van der Waals surface area contributed by atoms with Crippen molar-refractivity contribution < 1.29 is 19.1 Å². The van der Waals surface area contributed by atoms with Crippen molar-refractivity contribution in [2.45, 2.75) is 6.92 Å². The fourth-order valence-electron chi connectivity index (χ4n) is 2.19. The molecule has 0 bridgehead atoms. The second-order valence-corrected chi connectivity index (χ2v) is 5.33. The zero-order valence-corrected chi connectivity index (χ0v) is 14.4. The Balaban J connectivity index is 2.37. The Morgan fingerprint density at radius 3 is 1.96 bits per heavy atom. The van der Waals surface area contributed by atoms with Crippen molar-refractivity contribution in [3.63, 3.8) is 0 Å². The van der Waals surface area contributed by atoms with Crippen molar-refractivity contribution in [1.82, 2.24) is 0 Å². The van der Waals surface area contributed by atoms with E-state index in [4.69, 9.17) is 15.2 Å². The van der Waals surface area contributed by atoms with Gasteiger partial charge in [-0.25, -0.2) is 0 Å². The Morgan fingerprint density at radius 2 is 1.48 bits per heavy atom. The van der Waals surface area contributed by atoms with Gasteiger partial charge in [0, 0.05) is 17.7 Å². The minimum absolute atomic E-state index is 0.181. The van der Waals surface area contributed by atoms with Crippen molar-refractivity contribution in [2.75, 3.05) is 31.4 Å². The van der Waals surface area contributed by atoms with Crippen LogP contribution in [-0.4, -0.2) is 32.6 Å². The van der Waals surface area contributed by atoms with Gasteiger partial charge in [-0.05, 0) is 19.1 Å². The number of hydrogen-bond acceptors (Lipinski definition) is 5. The van der Waals surface area contributed by atoms with Crippen LogP contribution in [0.3, 0.4) is 0 Å². The molecule has 4 N–H and O–H groups in total. The van der Waals surface area contributed by atoms with Crippen LogP contribution in [0.2, 0.25) is 0 Å². The molecule has 0 saturated heterocycles. The average molecular weight is 343 g/mol. The number of nitrogens with one attached hydrogen (secondary N) is 2. The second-order valence-electron chi connectivity index (χ2n) is 5.33. The number of nitrogens with two attached hydrogens (primary N) is 1. The van der Waals surface area contributed by atoms with Crippen LogP contribution >= 0.6 is 0 Å². The maximum atomic E-state index is 12.5. The molecule has 2 rings (SSSR count). The molecule has 0 aliphatic heterocycles. The summed E-state index contributed by atoms with van der Waals surface area (Å²) in [7, 11) is 2.97. The number of hydrogen-bond donors (Lipinski definition) is 3. The van der Waals surface area contributed by atoms with Crippen LogP contribution in [0, 0.1) is 6.92 Å². The topological polar surface area (TPSA) is 103 Å². The van der Waals surface area contributed by atoms with E-state index in [1.807, 2.05) is 19.1 Å². The van der Waals surface area contributed by atoms with Gasteiger partial charge in [-0.15, -0.1) is 0 Å². The quantitative estimate of drug-likeness (QED) is 0.746. The van der Waals surface area contributed by atoms with Crippen LogP contribution in [0.25, 0.3) is 0 Å². The van der Waals surface area contributed by atoms with Crippen molar-refractivity contribution in [1.29, 1.82) is 0 Å². The Kier molecular flexibility index (Phi) is 5.97. The van der Waals surface area contributed by atoms with Gasteiger partial charge in [-0.3, -0.25) is 9.59 Å². The molecular formula is C18H21N3O4. The third-order valence-corrected chi connectivity index (χ3v) is 3.55. The third-order valence-electron chi connectivity index (χ3n) is 3.55. The minimum Gasteiger partial charge on any atom is -0.493 e. The van der Waals surface area contributed by atoms with Gasteiger partial charge in [0.05, 0.1) is 32.1 Å². The highest BCUT2D eigenvalue weighted by molar-refractivity contribution is 6.07. The van der Waals surface area contributed by atoms with E-state index in [0.717, 1.165) is 5.56 Å². The Hall–Kier alpha value is -3.06. The second kappa shape index (κ2) is 8.16. The lowest BCUT2D eigenvalue weighted by molar-refractivity contribution is -0.114. The molecule has 7 heteroatoms. The van der Waals surface area contributed by atoms with Crippen LogP contribution in [-0.2, 0) is 4.79 Å². The van der Waals surface area contributed by atoms with Crippen molar-refractivity contribution in [3.05, 3.63) is 47.5 Å². The van der Waals surface area contributed by atoms with E-state index >= 15 is 0 Å². The molecule has 0 fully saturated rings. The molecule has 0 aromatic heterocycles. The van der Waals surface area contributed by atoms with E-state index in [0.29, 0.717) is 28.4 Å². The maximum absolute atomic E-state index is 12.5. The molecule has 2 amide bonds. The van der Waals surface area contributed by atoms with Crippen LogP contribution in [0.4, 0.5) is 11.4 Å². The van der Waals surface area contributed by atoms with Crippen molar-refractivity contribution in [3.8, 4) is 11.5 Å². The molecular weight excluding hydrogens is 322 g/mol. The highest BCUT2D eigenvalue weighted by Gasteiger charge is 2.16. The maximum Gasteiger partial charge on any atom is 0.255 e. The standard InChI is InChI=1S/C18H21N3O4/c1-11-4-6-12(7-5-11)18(23)21-14-9-16(25-3)15(24-2)8-13(14)20-17(22)10-19/h4-9H,10,19H2,1-3H3,(H,20,22)(H,21,23). The zero-order valence-electron chi connectivity index (χ0n) is 14.4. The highest BCUT2D eigenvalue weighted by atomic mass is 16.5. The lowest BCUT2D eigenvalue weighted by atomic mass is 10.1. The number of ether oxygens (including phenoxy) is 2. The normalized spacial score (nSPS) is 10.1. The first-order valence-corrected chi connectivity index (χ1v) is 7.62. The lowest BCUT2D eigenvalue weighted by Crippen LogP contribution is -2.23. The summed E-state index contributed by atoms with van der Waals surface area (Å²) in [5.74, 6) is 0.143. The van der Waals surface area contributed by atoms with Crippen molar-refractivity contribution in [2.24, 2.45) is 5.73 Å². The van der Waals surface area contributed by atoms with E-state index in [1.54, 1.807) is 24.3 Å². The third kappa shape index (κ3) is 4.48. The first kappa shape index (κ1) is 18.3. The number of benzene rings is 2. The summed E-state index contributed by atoms with van der Waals surface area (Å²) in [6, 6.07) is 10.3. The van der Waals surface area contributed by atoms with Gasteiger partial charge in [0.25, 0.3) is 5.91 Å². The summed E-state index contributed by atoms with van der Waals surface area (Å²) in [4.78, 5) is 24.1. The fourth-order valence-corrected chi connectivity index (χ4v) is 2.19. The van der Waals surface area contributed by atoms with Gasteiger partial charge < -0.3 is 25.8 Å². The summed E-state index contributed by atoms with van der Waals surface area (Å²) in [5, 5.41) is 5.41. The van der Waals surface area contributed by atoms with Gasteiger partial charge in [0.2, 0.25) is 5.91 Å². The number of carbonyl (C=O) groups is 2. The fraction of sp³-hybridized carbons (Fsp3) is 0.222. The molecule has 2 aromatic rings. The molecule has 2 aromatic carbocycles. The molecule has 7 nitrogen and oxygen atoms in total. The number of methoxy groups -OCH3 is 2. The molecule has 0 heterocycles. The zero-order chi connectivity index (χ0) is 18.4. The summed E-state index contributed by atoms with van der Waals surface area (Å²) >= 11 is 0. The molecule has 0 aliphatic carbocycles. The van der Waals surface area contributed by atoms with Crippen molar-refractivity contribution >= 4 is 23.2 Å². The predicted octanol–water partition coefficient (Wildman–Crippen LogP) is 2.16. The summed E-state index contributed by atoms with van der Waals surface area (Å²) in [5.41, 5.74) is 7.65. The first-order valence-electron chi connectivity index (χ1n) is 7.62. The van der Waals surface area contributed by atoms with Crippen LogP contribution < -0.4 is 25.8 Å². The summed E-state index contributed by atoms with van der Waals surface area (Å²) in [6.45, 7) is 1.76. The van der Waals surface area contributed by atoms with E-state index in [9.17, 15) is 9.59 Å². The Bertz CT molecular complexity index is 773. The number of amides is 2. The minimum atomic E-state index is -0.391. The number of rotatable bonds is 6. The van der Waals surface area contributed by atoms with Gasteiger partial charge in [-0.2, -0.15) is 0 Å². The SMILES string of the molecule is COc1cc(NC(=O)CN)c(NC(=O)c2ccc(C)cc2)cc1OC. The molecule has 25 heavy (non-hydrogen) atoms. The molecule has 0 aliphatic rings. The molecule has 132 valence electrons. The first-order chi connectivity index (χ1) is 12.0. The van der Waals surface area contributed by atoms with Gasteiger partial charge in [0.1, 0.15) is 0 Å². The molecule has 0 radical (unpaired) electrons. The van der Waals surface area contributed by atoms with Gasteiger partial charge in [0.15, 0.2) is 11.5 Å². The number of anilines is 2. The van der Waals surface area contributed by atoms with Crippen LogP contribution in [0.5, 0.6) is 11.5 Å². The van der Waals surface area contributed by atoms with E-state index in [2.05, 4.69) is 10.6 Å². The number of aryl methyl sites for hydroxylation is 1. The Labute approximate surface area is 146 Å². The van der Waals surface area contributed by atoms with Crippen LogP contribution in [0.1, 0.15) is 15.9 Å². The van der Waals surface area contributed by atoms with E-state index in [1.165, 1.54) is 14.2 Å². The van der Waals surface area contributed by atoms with Gasteiger partial charge in [-0.1, -0.05) is 17.7 Å². The monoisotopic (exact) mass is 343 g/mol. The predicted molar refractivity (Wildman–Crippen MR) is 96.4 cm³/mol. The largest absolute Gasteiger partial charge is 0.493 e. The Morgan fingerprint density at radius 1 is 0.960 bits per heavy atom. The van der Waals surface area contributed by atoms with Gasteiger partial charge >= 0.3 is 0 Å². The smallest absolute Gasteiger partial charge is 0.255 e. The molecule has 0 saturated carbocycles. The van der Waals surface area contributed by atoms with E-state index in [-0.39, 0.29) is 12.5 Å².